The number of halogens is 1. The summed E-state index contributed by atoms with van der Waals surface area (Å²) in [5.74, 6) is 1.94. The standard InChI is InChI=1S/C14H21ClN2O/c15-13-2-1-3-14(8-13)18-10-12(9-16)11-4-6-17-7-5-11/h1-3,8,11-12,17H,4-7,9-10,16H2. The molecule has 0 bridgehead atoms. The van der Waals surface area contributed by atoms with Crippen LogP contribution in [0.2, 0.25) is 5.02 Å². The van der Waals surface area contributed by atoms with E-state index in [9.17, 15) is 0 Å². The number of nitrogens with two attached hydrogens (primary N) is 1. The highest BCUT2D eigenvalue weighted by Gasteiger charge is 2.22. The van der Waals surface area contributed by atoms with Gasteiger partial charge >= 0.3 is 0 Å². The van der Waals surface area contributed by atoms with Gasteiger partial charge in [-0.2, -0.15) is 0 Å². The van der Waals surface area contributed by atoms with Crippen LogP contribution in [-0.2, 0) is 0 Å². The molecule has 100 valence electrons. The highest BCUT2D eigenvalue weighted by atomic mass is 35.5. The van der Waals surface area contributed by atoms with Crippen LogP contribution >= 0.6 is 11.6 Å². The number of hydrogen-bond donors (Lipinski definition) is 2. The predicted molar refractivity (Wildman–Crippen MR) is 75.1 cm³/mol. The van der Waals surface area contributed by atoms with Crippen LogP contribution in [0.5, 0.6) is 5.75 Å². The number of hydrogen-bond acceptors (Lipinski definition) is 3. The molecule has 1 unspecified atom stereocenters. The molecular weight excluding hydrogens is 248 g/mol. The quantitative estimate of drug-likeness (QED) is 0.861. The Hall–Kier alpha value is -0.770. The third kappa shape index (κ3) is 3.87. The van der Waals surface area contributed by atoms with E-state index in [0.717, 1.165) is 18.8 Å². The van der Waals surface area contributed by atoms with E-state index in [1.807, 2.05) is 24.3 Å². The molecule has 1 saturated heterocycles. The second kappa shape index (κ2) is 6.98. The Labute approximate surface area is 114 Å². The highest BCUT2D eigenvalue weighted by Crippen LogP contribution is 2.23. The summed E-state index contributed by atoms with van der Waals surface area (Å²) in [5, 5.41) is 4.08. The van der Waals surface area contributed by atoms with Crippen molar-refractivity contribution < 1.29 is 4.74 Å². The second-order valence-electron chi connectivity index (χ2n) is 4.85. The van der Waals surface area contributed by atoms with Crippen molar-refractivity contribution in [3.63, 3.8) is 0 Å². The number of rotatable bonds is 5. The predicted octanol–water partition coefficient (Wildman–Crippen LogP) is 2.29. The zero-order valence-electron chi connectivity index (χ0n) is 10.6. The zero-order chi connectivity index (χ0) is 12.8. The monoisotopic (exact) mass is 268 g/mol. The van der Waals surface area contributed by atoms with Crippen molar-refractivity contribution in [1.82, 2.24) is 5.32 Å². The van der Waals surface area contributed by atoms with E-state index in [2.05, 4.69) is 5.32 Å². The third-order valence-electron chi connectivity index (χ3n) is 3.61. The Kier molecular flexibility index (Phi) is 5.29. The van der Waals surface area contributed by atoms with Crippen molar-refractivity contribution in [1.29, 1.82) is 0 Å². The average molecular weight is 269 g/mol. The first kappa shape index (κ1) is 13.7. The Bertz CT molecular complexity index is 367. The van der Waals surface area contributed by atoms with E-state index in [-0.39, 0.29) is 0 Å². The highest BCUT2D eigenvalue weighted by molar-refractivity contribution is 6.30. The molecule has 0 aliphatic carbocycles. The zero-order valence-corrected chi connectivity index (χ0v) is 11.3. The molecule has 0 radical (unpaired) electrons. The summed E-state index contributed by atoms with van der Waals surface area (Å²) in [5.41, 5.74) is 5.87. The molecule has 0 amide bonds. The van der Waals surface area contributed by atoms with Gasteiger partial charge in [-0.3, -0.25) is 0 Å². The van der Waals surface area contributed by atoms with Gasteiger partial charge in [0, 0.05) is 10.9 Å². The van der Waals surface area contributed by atoms with E-state index < -0.39 is 0 Å². The maximum atomic E-state index is 5.93. The Morgan fingerprint density at radius 2 is 2.17 bits per heavy atom. The van der Waals surface area contributed by atoms with Crippen molar-refractivity contribution >= 4 is 11.6 Å². The van der Waals surface area contributed by atoms with Gasteiger partial charge in [0.1, 0.15) is 5.75 Å². The van der Waals surface area contributed by atoms with Crippen LogP contribution in [-0.4, -0.2) is 26.2 Å². The van der Waals surface area contributed by atoms with Gasteiger partial charge in [-0.15, -0.1) is 0 Å². The molecule has 1 fully saturated rings. The van der Waals surface area contributed by atoms with Crippen LogP contribution in [0.3, 0.4) is 0 Å². The lowest BCUT2D eigenvalue weighted by atomic mass is 9.85. The molecule has 18 heavy (non-hydrogen) atoms. The summed E-state index contributed by atoms with van der Waals surface area (Å²) in [6.07, 6.45) is 2.39. The molecule has 0 saturated carbocycles. The fraction of sp³-hybridized carbons (Fsp3) is 0.571. The summed E-state index contributed by atoms with van der Waals surface area (Å²) in [4.78, 5) is 0. The summed E-state index contributed by atoms with van der Waals surface area (Å²) >= 11 is 5.93. The van der Waals surface area contributed by atoms with Crippen molar-refractivity contribution in [2.24, 2.45) is 17.6 Å². The van der Waals surface area contributed by atoms with Gasteiger partial charge in [-0.1, -0.05) is 17.7 Å². The summed E-state index contributed by atoms with van der Waals surface area (Å²) in [6.45, 7) is 3.56. The minimum absolute atomic E-state index is 0.436. The largest absolute Gasteiger partial charge is 0.493 e. The molecule has 1 aromatic rings. The van der Waals surface area contributed by atoms with Crippen LogP contribution in [0.1, 0.15) is 12.8 Å². The smallest absolute Gasteiger partial charge is 0.120 e. The average Bonchev–Trinajstić information content (AvgIpc) is 2.41. The molecule has 1 aliphatic heterocycles. The van der Waals surface area contributed by atoms with Crippen molar-refractivity contribution in [3.05, 3.63) is 29.3 Å². The van der Waals surface area contributed by atoms with Gasteiger partial charge in [0.05, 0.1) is 6.61 Å². The fourth-order valence-corrected chi connectivity index (χ4v) is 2.65. The molecule has 2 rings (SSSR count). The molecular formula is C14H21ClN2O. The number of ether oxygens (including phenoxy) is 1. The Morgan fingerprint density at radius 3 is 2.83 bits per heavy atom. The first-order chi connectivity index (χ1) is 8.79. The number of benzene rings is 1. The fourth-order valence-electron chi connectivity index (χ4n) is 2.47. The maximum Gasteiger partial charge on any atom is 0.120 e. The molecule has 1 atom stereocenters. The lowest BCUT2D eigenvalue weighted by Gasteiger charge is -2.29. The molecule has 1 heterocycles. The van der Waals surface area contributed by atoms with Gasteiger partial charge in [-0.25, -0.2) is 0 Å². The number of nitrogens with one attached hydrogen (secondary N) is 1. The van der Waals surface area contributed by atoms with Crippen LogP contribution in [0.4, 0.5) is 0 Å². The van der Waals surface area contributed by atoms with Crippen molar-refractivity contribution in [2.75, 3.05) is 26.2 Å². The Balaban J connectivity index is 1.86. The van der Waals surface area contributed by atoms with E-state index in [1.165, 1.54) is 12.8 Å². The molecule has 1 aromatic carbocycles. The summed E-state index contributed by atoms with van der Waals surface area (Å²) < 4.78 is 5.81. The minimum atomic E-state index is 0.436. The van der Waals surface area contributed by atoms with E-state index in [0.29, 0.717) is 30.0 Å². The third-order valence-corrected chi connectivity index (χ3v) is 3.85. The van der Waals surface area contributed by atoms with Crippen LogP contribution in [0, 0.1) is 11.8 Å². The lowest BCUT2D eigenvalue weighted by molar-refractivity contribution is 0.172. The second-order valence-corrected chi connectivity index (χ2v) is 5.29. The van der Waals surface area contributed by atoms with Gasteiger partial charge in [0.2, 0.25) is 0 Å². The first-order valence-corrected chi connectivity index (χ1v) is 6.96. The summed E-state index contributed by atoms with van der Waals surface area (Å²) in [7, 11) is 0. The molecule has 0 spiro atoms. The molecule has 0 aromatic heterocycles. The van der Waals surface area contributed by atoms with E-state index in [4.69, 9.17) is 22.1 Å². The number of piperidine rings is 1. The first-order valence-electron chi connectivity index (χ1n) is 6.58. The van der Waals surface area contributed by atoms with E-state index in [1.54, 1.807) is 0 Å². The van der Waals surface area contributed by atoms with Gasteiger partial charge in [0.25, 0.3) is 0 Å². The van der Waals surface area contributed by atoms with Gasteiger partial charge in [-0.05, 0) is 56.6 Å². The summed E-state index contributed by atoms with van der Waals surface area (Å²) in [6, 6.07) is 7.53. The topological polar surface area (TPSA) is 47.3 Å². The van der Waals surface area contributed by atoms with Gasteiger partial charge in [0.15, 0.2) is 0 Å². The van der Waals surface area contributed by atoms with Crippen molar-refractivity contribution in [2.45, 2.75) is 12.8 Å². The van der Waals surface area contributed by atoms with Crippen LogP contribution < -0.4 is 15.8 Å². The molecule has 1 aliphatic rings. The SMILES string of the molecule is NCC(COc1cccc(Cl)c1)C1CCNCC1. The van der Waals surface area contributed by atoms with E-state index >= 15 is 0 Å². The van der Waals surface area contributed by atoms with Crippen LogP contribution in [0.25, 0.3) is 0 Å². The maximum absolute atomic E-state index is 5.93. The molecule has 4 heteroatoms. The minimum Gasteiger partial charge on any atom is -0.493 e. The Morgan fingerprint density at radius 1 is 1.39 bits per heavy atom. The van der Waals surface area contributed by atoms with Gasteiger partial charge < -0.3 is 15.8 Å². The molecule has 3 N–H and O–H groups in total. The lowest BCUT2D eigenvalue weighted by Crippen LogP contribution is -2.37. The van der Waals surface area contributed by atoms with Crippen molar-refractivity contribution in [3.8, 4) is 5.75 Å². The normalized spacial score (nSPS) is 18.6. The molecule has 3 nitrogen and oxygen atoms in total. The van der Waals surface area contributed by atoms with Crippen LogP contribution in [0.15, 0.2) is 24.3 Å².